The highest BCUT2D eigenvalue weighted by molar-refractivity contribution is 7.16. The smallest absolute Gasteiger partial charge is 0.287 e. The van der Waals surface area contributed by atoms with Crippen LogP contribution >= 0.6 is 22.9 Å². The van der Waals surface area contributed by atoms with Crippen LogP contribution < -0.4 is 16.6 Å². The van der Waals surface area contributed by atoms with Gasteiger partial charge >= 0.3 is 0 Å². The lowest BCUT2D eigenvalue weighted by atomic mass is 9.82. The molecule has 10 heteroatoms. The van der Waals surface area contributed by atoms with Gasteiger partial charge in [0.25, 0.3) is 11.5 Å². The van der Waals surface area contributed by atoms with E-state index in [-0.39, 0.29) is 29.8 Å². The number of aromatic nitrogens is 2. The third kappa shape index (κ3) is 5.79. The number of hydrogen-bond acceptors (Lipinski definition) is 6. The number of ether oxygens (including phenoxy) is 1. The van der Waals surface area contributed by atoms with Crippen molar-refractivity contribution in [3.8, 4) is 0 Å². The number of fused-ring (bicyclic) bond motifs is 1. The quantitative estimate of drug-likeness (QED) is 0.448. The van der Waals surface area contributed by atoms with Crippen molar-refractivity contribution < 1.29 is 14.3 Å². The lowest BCUT2D eigenvalue weighted by Gasteiger charge is -2.26. The first kappa shape index (κ1) is 23.4. The number of nitrogens with two attached hydrogens (primary N) is 1. The Morgan fingerprint density at radius 1 is 1.27 bits per heavy atom. The summed E-state index contributed by atoms with van der Waals surface area (Å²) in [6.45, 7) is 1.13. The predicted molar refractivity (Wildman–Crippen MR) is 127 cm³/mol. The van der Waals surface area contributed by atoms with E-state index in [0.29, 0.717) is 34.4 Å². The van der Waals surface area contributed by atoms with Gasteiger partial charge in [-0.05, 0) is 54.7 Å². The summed E-state index contributed by atoms with van der Waals surface area (Å²) in [5.41, 5.74) is 6.61. The van der Waals surface area contributed by atoms with E-state index >= 15 is 0 Å². The monoisotopic (exact) mass is 488 g/mol. The SMILES string of the molecule is NC(=O)C1CCC(COCc2csc3nc(C(=O)NCc4cccc(Cl)c4)[nH]c(=O)c23)CC1. The molecule has 3 aromatic rings. The minimum Gasteiger partial charge on any atom is -0.376 e. The number of nitrogens with zero attached hydrogens (tertiary/aromatic N) is 1. The number of benzene rings is 1. The van der Waals surface area contributed by atoms with Crippen LogP contribution in [-0.4, -0.2) is 28.4 Å². The van der Waals surface area contributed by atoms with E-state index in [1.165, 1.54) is 11.3 Å². The average molecular weight is 489 g/mol. The molecule has 1 aromatic carbocycles. The first-order valence-electron chi connectivity index (χ1n) is 10.8. The van der Waals surface area contributed by atoms with Crippen molar-refractivity contribution in [3.63, 3.8) is 0 Å². The third-order valence-electron chi connectivity index (χ3n) is 5.94. The molecule has 4 N–H and O–H groups in total. The van der Waals surface area contributed by atoms with Crippen LogP contribution in [0.15, 0.2) is 34.4 Å². The van der Waals surface area contributed by atoms with E-state index in [9.17, 15) is 14.4 Å². The summed E-state index contributed by atoms with van der Waals surface area (Å²) in [5, 5.41) is 5.61. The fourth-order valence-electron chi connectivity index (χ4n) is 4.08. The first-order valence-corrected chi connectivity index (χ1v) is 12.1. The third-order valence-corrected chi connectivity index (χ3v) is 7.09. The van der Waals surface area contributed by atoms with Gasteiger partial charge in [-0.2, -0.15) is 0 Å². The minimum atomic E-state index is -0.466. The zero-order chi connectivity index (χ0) is 23.4. The molecule has 2 heterocycles. The summed E-state index contributed by atoms with van der Waals surface area (Å²) in [5.74, 6) is -0.356. The van der Waals surface area contributed by atoms with Crippen LogP contribution in [0.4, 0.5) is 0 Å². The Labute approximate surface area is 199 Å². The van der Waals surface area contributed by atoms with Gasteiger partial charge in [-0.3, -0.25) is 14.4 Å². The van der Waals surface area contributed by atoms with E-state index < -0.39 is 5.91 Å². The number of thiophene rings is 1. The molecule has 0 radical (unpaired) electrons. The normalized spacial score (nSPS) is 18.3. The van der Waals surface area contributed by atoms with Crippen molar-refractivity contribution >= 4 is 45.0 Å². The number of aromatic amines is 1. The van der Waals surface area contributed by atoms with Gasteiger partial charge in [-0.25, -0.2) is 4.98 Å². The number of nitrogens with one attached hydrogen (secondary N) is 2. The number of amides is 2. The van der Waals surface area contributed by atoms with Crippen molar-refractivity contribution in [1.82, 2.24) is 15.3 Å². The van der Waals surface area contributed by atoms with E-state index in [4.69, 9.17) is 22.1 Å². The number of carbonyl (C=O) groups excluding carboxylic acids is 2. The van der Waals surface area contributed by atoms with Gasteiger partial charge in [0.15, 0.2) is 0 Å². The van der Waals surface area contributed by atoms with Gasteiger partial charge < -0.3 is 20.8 Å². The summed E-state index contributed by atoms with van der Waals surface area (Å²) in [4.78, 5) is 43.9. The van der Waals surface area contributed by atoms with Gasteiger partial charge in [-0.1, -0.05) is 23.7 Å². The fraction of sp³-hybridized carbons (Fsp3) is 0.391. The van der Waals surface area contributed by atoms with E-state index in [2.05, 4.69) is 15.3 Å². The molecule has 1 aliphatic carbocycles. The lowest BCUT2D eigenvalue weighted by molar-refractivity contribution is -0.123. The molecule has 1 fully saturated rings. The summed E-state index contributed by atoms with van der Waals surface area (Å²) < 4.78 is 5.87. The van der Waals surface area contributed by atoms with Crippen LogP contribution in [-0.2, 0) is 22.7 Å². The molecule has 0 bridgehead atoms. The molecule has 33 heavy (non-hydrogen) atoms. The summed E-state index contributed by atoms with van der Waals surface area (Å²) >= 11 is 7.27. The van der Waals surface area contributed by atoms with Crippen LogP contribution in [0.2, 0.25) is 5.02 Å². The molecule has 4 rings (SSSR count). The maximum absolute atomic E-state index is 12.7. The highest BCUT2D eigenvalue weighted by Crippen LogP contribution is 2.29. The largest absolute Gasteiger partial charge is 0.376 e. The summed E-state index contributed by atoms with van der Waals surface area (Å²) in [6.07, 6.45) is 3.43. The van der Waals surface area contributed by atoms with Crippen LogP contribution in [0.1, 0.15) is 47.4 Å². The Morgan fingerprint density at radius 3 is 2.79 bits per heavy atom. The number of halogens is 1. The fourth-order valence-corrected chi connectivity index (χ4v) is 5.22. The Hall–Kier alpha value is -2.75. The van der Waals surface area contributed by atoms with E-state index in [1.54, 1.807) is 18.2 Å². The second kappa shape index (κ2) is 10.5. The maximum Gasteiger partial charge on any atom is 0.287 e. The van der Waals surface area contributed by atoms with Gasteiger partial charge in [0.1, 0.15) is 4.83 Å². The van der Waals surface area contributed by atoms with Gasteiger partial charge in [-0.15, -0.1) is 11.3 Å². The number of primary amides is 1. The molecule has 2 aromatic heterocycles. The van der Waals surface area contributed by atoms with Crippen LogP contribution in [0, 0.1) is 11.8 Å². The molecule has 174 valence electrons. The van der Waals surface area contributed by atoms with Crippen molar-refractivity contribution in [3.05, 3.63) is 62.0 Å². The molecular formula is C23H25ClN4O4S. The van der Waals surface area contributed by atoms with Gasteiger partial charge in [0.05, 0.1) is 12.0 Å². The van der Waals surface area contributed by atoms with Crippen LogP contribution in [0.25, 0.3) is 10.2 Å². The minimum absolute atomic E-state index is 0.0245. The molecule has 0 saturated heterocycles. The van der Waals surface area contributed by atoms with Crippen molar-refractivity contribution in [2.45, 2.75) is 38.8 Å². The molecule has 0 aliphatic heterocycles. The highest BCUT2D eigenvalue weighted by atomic mass is 35.5. The van der Waals surface area contributed by atoms with Crippen LogP contribution in [0.5, 0.6) is 0 Å². The highest BCUT2D eigenvalue weighted by Gasteiger charge is 2.25. The van der Waals surface area contributed by atoms with Gasteiger partial charge in [0, 0.05) is 29.7 Å². The van der Waals surface area contributed by atoms with Crippen molar-refractivity contribution in [2.75, 3.05) is 6.61 Å². The maximum atomic E-state index is 12.7. The average Bonchev–Trinajstić information content (AvgIpc) is 3.21. The first-order chi connectivity index (χ1) is 15.9. The number of hydrogen-bond donors (Lipinski definition) is 3. The second-order valence-electron chi connectivity index (χ2n) is 8.30. The van der Waals surface area contributed by atoms with Crippen molar-refractivity contribution in [2.24, 2.45) is 17.6 Å². The van der Waals surface area contributed by atoms with E-state index in [1.807, 2.05) is 11.4 Å². The predicted octanol–water partition coefficient (Wildman–Crippen LogP) is 3.38. The second-order valence-corrected chi connectivity index (χ2v) is 9.60. The lowest BCUT2D eigenvalue weighted by Crippen LogP contribution is -2.28. The molecular weight excluding hydrogens is 464 g/mol. The molecule has 1 saturated carbocycles. The Bertz CT molecular complexity index is 1220. The molecule has 1 aliphatic rings. The van der Waals surface area contributed by atoms with E-state index in [0.717, 1.165) is 36.8 Å². The van der Waals surface area contributed by atoms with Crippen molar-refractivity contribution in [1.29, 1.82) is 0 Å². The Kier molecular flexibility index (Phi) is 7.42. The standard InChI is InChI=1S/C23H25ClN4O4S/c24-17-3-1-2-14(8-17)9-26-22(31)20-27-21(30)18-16(12-33-23(18)28-20)11-32-10-13-4-6-15(7-5-13)19(25)29/h1-3,8,12-13,15H,4-7,9-11H2,(H2,25,29)(H,26,31)(H,27,28,30). The Morgan fingerprint density at radius 2 is 2.06 bits per heavy atom. The molecule has 0 spiro atoms. The topological polar surface area (TPSA) is 127 Å². The molecule has 0 unspecified atom stereocenters. The zero-order valence-corrected chi connectivity index (χ0v) is 19.5. The van der Waals surface area contributed by atoms with Gasteiger partial charge in [0.2, 0.25) is 11.7 Å². The number of rotatable bonds is 8. The molecule has 0 atom stereocenters. The summed E-state index contributed by atoms with van der Waals surface area (Å²) in [6, 6.07) is 7.17. The number of carbonyl (C=O) groups is 2. The zero-order valence-electron chi connectivity index (χ0n) is 17.9. The summed E-state index contributed by atoms with van der Waals surface area (Å²) in [7, 11) is 0. The molecule has 8 nitrogen and oxygen atoms in total. The molecule has 2 amide bonds. The number of H-pyrrole nitrogens is 1. The van der Waals surface area contributed by atoms with Crippen LogP contribution in [0.3, 0.4) is 0 Å². The Balaban J connectivity index is 1.35.